The molecule has 5 nitrogen and oxygen atoms in total. The van der Waals surface area contributed by atoms with E-state index in [0.717, 1.165) is 17.7 Å². The molecule has 1 aromatic rings. The van der Waals surface area contributed by atoms with Crippen LogP contribution in [0.1, 0.15) is 5.56 Å². The number of benzene rings is 1. The maximum absolute atomic E-state index is 11.7. The Bertz CT molecular complexity index is 758. The van der Waals surface area contributed by atoms with Gasteiger partial charge in [0.2, 0.25) is 5.91 Å². The lowest BCUT2D eigenvalue weighted by Gasteiger charge is -2.33. The first-order valence-corrected chi connectivity index (χ1v) is 7.75. The Balaban J connectivity index is 2.14. The van der Waals surface area contributed by atoms with E-state index in [2.05, 4.69) is 4.99 Å². The predicted molar refractivity (Wildman–Crippen MR) is 92.3 cm³/mol. The van der Waals surface area contributed by atoms with Gasteiger partial charge in [-0.25, -0.2) is 0 Å². The van der Waals surface area contributed by atoms with E-state index in [9.17, 15) is 4.79 Å². The van der Waals surface area contributed by atoms with E-state index in [-0.39, 0.29) is 11.7 Å². The van der Waals surface area contributed by atoms with E-state index in [1.807, 2.05) is 35.4 Å². The van der Waals surface area contributed by atoms with Gasteiger partial charge in [0.25, 0.3) is 0 Å². The van der Waals surface area contributed by atoms with Gasteiger partial charge in [-0.2, -0.15) is 0 Å². The number of nitrogens with zero attached hydrogens (tertiary/aromatic N) is 2. The Kier molecular flexibility index (Phi) is 4.08. The molecule has 0 aromatic heterocycles. The fourth-order valence-corrected chi connectivity index (χ4v) is 3.00. The highest BCUT2D eigenvalue weighted by molar-refractivity contribution is 6.70. The number of nitrogens with two attached hydrogens (primary N) is 1. The molecule has 0 radical (unpaired) electrons. The number of para-hydroxylation sites is 1. The summed E-state index contributed by atoms with van der Waals surface area (Å²) in [6, 6.07) is 5.79. The zero-order chi connectivity index (χ0) is 16.6. The van der Waals surface area contributed by atoms with E-state index in [1.165, 1.54) is 0 Å². The molecule has 1 unspecified atom stereocenters. The van der Waals surface area contributed by atoms with Crippen molar-refractivity contribution in [3.63, 3.8) is 0 Å². The summed E-state index contributed by atoms with van der Waals surface area (Å²) in [5.41, 5.74) is 7.83. The lowest BCUT2D eigenvalue weighted by atomic mass is 10.0. The molecule has 0 spiro atoms. The molecule has 0 saturated carbocycles. The largest absolute Gasteiger partial charge is 0.495 e. The molecule has 2 aliphatic heterocycles. The van der Waals surface area contributed by atoms with Crippen molar-refractivity contribution >= 4 is 40.0 Å². The van der Waals surface area contributed by atoms with Crippen LogP contribution < -0.4 is 15.4 Å². The number of hydrogen-bond acceptors (Lipinski definition) is 4. The number of carbonyl (C=O) groups excluding carboxylic acids is 1. The topological polar surface area (TPSA) is 67.9 Å². The highest BCUT2D eigenvalue weighted by atomic mass is 35.5. The Morgan fingerprint density at radius 1 is 1.48 bits per heavy atom. The quantitative estimate of drug-likeness (QED) is 0.851. The Labute approximate surface area is 144 Å². The number of hydrogen-bond donors (Lipinski definition) is 1. The van der Waals surface area contributed by atoms with Crippen LogP contribution in [0.25, 0.3) is 0 Å². The zero-order valence-corrected chi connectivity index (χ0v) is 13.9. The van der Waals surface area contributed by atoms with E-state index >= 15 is 0 Å². The number of alkyl halides is 1. The number of allylic oxidation sites excluding steroid dienone is 2. The third-order valence-corrected chi connectivity index (χ3v) is 4.56. The number of primary amides is 1. The fourth-order valence-electron chi connectivity index (χ4n) is 2.64. The van der Waals surface area contributed by atoms with E-state index in [1.54, 1.807) is 13.2 Å². The fraction of sp³-hybridized carbons (Fsp3) is 0.250. The molecule has 23 heavy (non-hydrogen) atoms. The van der Waals surface area contributed by atoms with Gasteiger partial charge >= 0.3 is 0 Å². The summed E-state index contributed by atoms with van der Waals surface area (Å²) in [5, 5.41) is 0.269. The van der Waals surface area contributed by atoms with Crippen LogP contribution in [0.4, 0.5) is 5.69 Å². The minimum atomic E-state index is -1.39. The molecule has 7 heteroatoms. The number of aliphatic imine (C=N–C) groups is 1. The summed E-state index contributed by atoms with van der Waals surface area (Å²) in [4.78, 5) is 16.2. The average Bonchev–Trinajstić information content (AvgIpc) is 2.56. The number of amides is 1. The van der Waals surface area contributed by atoms with Crippen LogP contribution in [0.3, 0.4) is 0 Å². The maximum atomic E-state index is 11.7. The van der Waals surface area contributed by atoms with Crippen LogP contribution in [0, 0.1) is 0 Å². The van der Waals surface area contributed by atoms with Gasteiger partial charge in [0.05, 0.1) is 25.0 Å². The van der Waals surface area contributed by atoms with Gasteiger partial charge in [-0.1, -0.05) is 29.8 Å². The third-order valence-electron chi connectivity index (χ3n) is 3.83. The lowest BCUT2D eigenvalue weighted by Crippen LogP contribution is -2.43. The normalized spacial score (nSPS) is 23.0. The van der Waals surface area contributed by atoms with Crippen molar-refractivity contribution in [1.29, 1.82) is 0 Å². The summed E-state index contributed by atoms with van der Waals surface area (Å²) in [5.74, 6) is 0.0351. The van der Waals surface area contributed by atoms with Gasteiger partial charge in [0, 0.05) is 6.20 Å². The molecule has 2 N–H and O–H groups in total. The van der Waals surface area contributed by atoms with Crippen molar-refractivity contribution in [2.75, 3.05) is 18.6 Å². The van der Waals surface area contributed by atoms with E-state index in [4.69, 9.17) is 33.7 Å². The second-order valence-electron chi connectivity index (χ2n) is 5.29. The Morgan fingerprint density at radius 3 is 2.96 bits per heavy atom. The summed E-state index contributed by atoms with van der Waals surface area (Å²) >= 11 is 12.6. The molecule has 0 saturated heterocycles. The van der Waals surface area contributed by atoms with Crippen LogP contribution in [0.2, 0.25) is 0 Å². The average molecular weight is 352 g/mol. The van der Waals surface area contributed by atoms with Crippen LogP contribution in [0.5, 0.6) is 5.75 Å². The van der Waals surface area contributed by atoms with Crippen molar-refractivity contribution < 1.29 is 9.53 Å². The summed E-state index contributed by atoms with van der Waals surface area (Å²) < 4.78 is 5.46. The maximum Gasteiger partial charge on any atom is 0.244 e. The zero-order valence-electron chi connectivity index (χ0n) is 12.4. The molecule has 3 rings (SSSR count). The summed E-state index contributed by atoms with van der Waals surface area (Å²) in [6.45, 7) is 0.0164. The van der Waals surface area contributed by atoms with Crippen molar-refractivity contribution in [2.45, 2.75) is 11.3 Å². The number of ether oxygens (including phenoxy) is 1. The van der Waals surface area contributed by atoms with E-state index < -0.39 is 10.8 Å². The number of carbonyl (C=O) groups is 1. The highest BCUT2D eigenvalue weighted by Crippen LogP contribution is 2.40. The van der Waals surface area contributed by atoms with Gasteiger partial charge in [-0.15, -0.1) is 11.6 Å². The smallest absolute Gasteiger partial charge is 0.244 e. The molecule has 0 bridgehead atoms. The SMILES string of the molecule is COc1cccc2c1N(C1=CC(Cl)(C(N)=O)CN=C1Cl)C=CC2. The standard InChI is InChI=1S/C16H15Cl2N3O2/c1-23-12-6-2-4-10-5-3-7-21(13(10)12)11-8-16(18,15(19)22)9-20-14(11)17/h2-4,6-8H,5,9H2,1H3,(H2,19,22). The Morgan fingerprint density at radius 2 is 2.26 bits per heavy atom. The second-order valence-corrected chi connectivity index (χ2v) is 6.32. The number of rotatable bonds is 3. The van der Waals surface area contributed by atoms with Crippen molar-refractivity contribution in [3.05, 3.63) is 47.8 Å². The first-order chi connectivity index (χ1) is 11.0. The van der Waals surface area contributed by atoms with Gasteiger partial charge in [-0.05, 0) is 24.1 Å². The van der Waals surface area contributed by atoms with Crippen LogP contribution in [0.15, 0.2) is 47.2 Å². The molecular formula is C16H15Cl2N3O2. The van der Waals surface area contributed by atoms with Gasteiger partial charge < -0.3 is 15.4 Å². The molecule has 1 atom stereocenters. The van der Waals surface area contributed by atoms with Crippen molar-refractivity contribution in [2.24, 2.45) is 10.7 Å². The molecule has 0 fully saturated rings. The molecule has 1 amide bonds. The van der Waals surface area contributed by atoms with E-state index in [0.29, 0.717) is 11.4 Å². The molecule has 2 heterocycles. The number of dihydropyridines is 1. The highest BCUT2D eigenvalue weighted by Gasteiger charge is 2.37. The molecule has 0 aliphatic carbocycles. The molecule has 2 aliphatic rings. The monoisotopic (exact) mass is 351 g/mol. The first kappa shape index (κ1) is 15.9. The second kappa shape index (κ2) is 5.91. The van der Waals surface area contributed by atoms with Gasteiger partial charge in [0.15, 0.2) is 4.87 Å². The van der Waals surface area contributed by atoms with Crippen LogP contribution >= 0.6 is 23.2 Å². The molecule has 1 aromatic carbocycles. The minimum absolute atomic E-state index is 0.0164. The third kappa shape index (κ3) is 2.71. The molecule has 120 valence electrons. The predicted octanol–water partition coefficient (Wildman–Crippen LogP) is 2.57. The summed E-state index contributed by atoms with van der Waals surface area (Å²) in [7, 11) is 1.60. The number of fused-ring (bicyclic) bond motifs is 1. The number of methoxy groups -OCH3 is 1. The van der Waals surface area contributed by atoms with Gasteiger partial charge in [0.1, 0.15) is 10.9 Å². The van der Waals surface area contributed by atoms with Crippen LogP contribution in [-0.4, -0.2) is 29.6 Å². The van der Waals surface area contributed by atoms with Crippen molar-refractivity contribution in [1.82, 2.24) is 0 Å². The number of anilines is 1. The van der Waals surface area contributed by atoms with Gasteiger partial charge in [-0.3, -0.25) is 9.79 Å². The lowest BCUT2D eigenvalue weighted by molar-refractivity contribution is -0.119. The first-order valence-electron chi connectivity index (χ1n) is 7.00. The van der Waals surface area contributed by atoms with Crippen LogP contribution in [-0.2, 0) is 11.2 Å². The van der Waals surface area contributed by atoms with Crippen molar-refractivity contribution in [3.8, 4) is 5.75 Å². The Hall–Kier alpha value is -1.98. The molecular weight excluding hydrogens is 337 g/mol. The minimum Gasteiger partial charge on any atom is -0.495 e. The number of halogens is 2. The summed E-state index contributed by atoms with van der Waals surface area (Å²) in [6.07, 6.45) is 6.17.